The van der Waals surface area contributed by atoms with E-state index in [1.807, 2.05) is 56.4 Å². The van der Waals surface area contributed by atoms with Crippen LogP contribution in [-0.4, -0.2) is 59.6 Å². The summed E-state index contributed by atoms with van der Waals surface area (Å²) in [4.78, 5) is 17.3. The van der Waals surface area contributed by atoms with Gasteiger partial charge in [-0.1, -0.05) is 30.3 Å². The predicted octanol–water partition coefficient (Wildman–Crippen LogP) is 3.26. The Morgan fingerprint density at radius 1 is 1.25 bits per heavy atom. The van der Waals surface area contributed by atoms with Gasteiger partial charge in [0.1, 0.15) is 5.75 Å². The van der Waals surface area contributed by atoms with Crippen LogP contribution >= 0.6 is 0 Å². The number of carbonyl (C=O) groups excluding carboxylic acids is 1. The molecule has 0 aliphatic carbocycles. The van der Waals surface area contributed by atoms with Gasteiger partial charge in [-0.3, -0.25) is 9.69 Å². The zero-order valence-corrected chi connectivity index (χ0v) is 17.2. The van der Waals surface area contributed by atoms with Crippen LogP contribution in [0, 0.1) is 0 Å². The average Bonchev–Trinajstić information content (AvgIpc) is 2.70. The average molecular weight is 382 g/mol. The SMILES string of the molecule is CCN(C)C(=O)c1ccccc1[C@H](c1cccc(O)c1)N1C[C@H](C)NC[C@@H]1C. The topological polar surface area (TPSA) is 55.8 Å². The number of carbonyl (C=O) groups is 1. The summed E-state index contributed by atoms with van der Waals surface area (Å²) in [6, 6.07) is 15.8. The lowest BCUT2D eigenvalue weighted by atomic mass is 9.90. The van der Waals surface area contributed by atoms with E-state index < -0.39 is 0 Å². The molecule has 2 N–H and O–H groups in total. The Balaban J connectivity index is 2.14. The van der Waals surface area contributed by atoms with Crippen molar-refractivity contribution >= 4 is 5.91 Å². The summed E-state index contributed by atoms with van der Waals surface area (Å²) in [5, 5.41) is 13.7. The fourth-order valence-corrected chi connectivity index (χ4v) is 3.93. The second-order valence-corrected chi connectivity index (χ2v) is 7.76. The molecule has 5 nitrogen and oxygen atoms in total. The molecule has 1 amide bonds. The van der Waals surface area contributed by atoms with Crippen LogP contribution in [-0.2, 0) is 0 Å². The molecule has 0 radical (unpaired) electrons. The Morgan fingerprint density at radius 3 is 2.71 bits per heavy atom. The van der Waals surface area contributed by atoms with Gasteiger partial charge in [-0.25, -0.2) is 0 Å². The van der Waals surface area contributed by atoms with Gasteiger partial charge in [0, 0.05) is 44.3 Å². The normalized spacial score (nSPS) is 21.3. The summed E-state index contributed by atoms with van der Waals surface area (Å²) in [5.41, 5.74) is 2.71. The first-order chi connectivity index (χ1) is 13.4. The smallest absolute Gasteiger partial charge is 0.253 e. The maximum atomic E-state index is 13.1. The first kappa shape index (κ1) is 20.4. The van der Waals surface area contributed by atoms with Crippen LogP contribution in [0.4, 0.5) is 0 Å². The van der Waals surface area contributed by atoms with Crippen molar-refractivity contribution in [3.05, 3.63) is 65.2 Å². The molecule has 0 spiro atoms. The number of aromatic hydroxyl groups is 1. The maximum Gasteiger partial charge on any atom is 0.253 e. The van der Waals surface area contributed by atoms with E-state index in [1.165, 1.54) is 0 Å². The van der Waals surface area contributed by atoms with Crippen LogP contribution in [0.25, 0.3) is 0 Å². The second-order valence-electron chi connectivity index (χ2n) is 7.76. The first-order valence-electron chi connectivity index (χ1n) is 10.0. The van der Waals surface area contributed by atoms with Gasteiger partial charge in [0.25, 0.3) is 5.91 Å². The van der Waals surface area contributed by atoms with Crippen molar-refractivity contribution in [1.29, 1.82) is 0 Å². The lowest BCUT2D eigenvalue weighted by molar-refractivity contribution is 0.0792. The molecule has 28 heavy (non-hydrogen) atoms. The molecule has 1 aliphatic heterocycles. The molecule has 0 aromatic heterocycles. The van der Waals surface area contributed by atoms with E-state index >= 15 is 0 Å². The minimum atomic E-state index is -0.0999. The standard InChI is InChI=1S/C23H31N3O2/c1-5-25(4)23(28)21-12-7-6-11-20(21)22(18-9-8-10-19(27)13-18)26-15-16(2)24-14-17(26)3/h6-13,16-17,22,24,27H,5,14-15H2,1-4H3/t16-,17-,22-/m0/s1. The molecule has 1 aliphatic rings. The number of piperazine rings is 1. The molecule has 0 saturated carbocycles. The molecule has 0 unspecified atom stereocenters. The van der Waals surface area contributed by atoms with Gasteiger partial charge in [-0.05, 0) is 50.1 Å². The van der Waals surface area contributed by atoms with Crippen LogP contribution in [0.15, 0.2) is 48.5 Å². The summed E-state index contributed by atoms with van der Waals surface area (Å²) in [5.74, 6) is 0.270. The largest absolute Gasteiger partial charge is 0.508 e. The number of rotatable bonds is 5. The number of hydrogen-bond acceptors (Lipinski definition) is 4. The van der Waals surface area contributed by atoms with Crippen LogP contribution in [0.3, 0.4) is 0 Å². The number of hydrogen-bond donors (Lipinski definition) is 2. The van der Waals surface area contributed by atoms with Crippen LogP contribution in [0.1, 0.15) is 48.3 Å². The Morgan fingerprint density at radius 2 is 2.00 bits per heavy atom. The van der Waals surface area contributed by atoms with Gasteiger partial charge < -0.3 is 15.3 Å². The Labute approximate surface area is 168 Å². The highest BCUT2D eigenvalue weighted by atomic mass is 16.3. The summed E-state index contributed by atoms with van der Waals surface area (Å²) in [6.07, 6.45) is 0. The third kappa shape index (κ3) is 4.21. The fourth-order valence-electron chi connectivity index (χ4n) is 3.93. The van der Waals surface area contributed by atoms with Crippen molar-refractivity contribution in [2.75, 3.05) is 26.7 Å². The van der Waals surface area contributed by atoms with Crippen molar-refractivity contribution in [2.24, 2.45) is 0 Å². The van der Waals surface area contributed by atoms with E-state index in [1.54, 1.807) is 11.0 Å². The van der Waals surface area contributed by atoms with E-state index in [9.17, 15) is 9.90 Å². The molecule has 1 heterocycles. The highest BCUT2D eigenvalue weighted by molar-refractivity contribution is 5.95. The van der Waals surface area contributed by atoms with E-state index in [-0.39, 0.29) is 17.7 Å². The monoisotopic (exact) mass is 381 g/mol. The van der Waals surface area contributed by atoms with Crippen molar-refractivity contribution in [2.45, 2.75) is 38.9 Å². The maximum absolute atomic E-state index is 13.1. The number of phenolic OH excluding ortho intramolecular Hbond substituents is 1. The third-order valence-corrected chi connectivity index (χ3v) is 5.64. The van der Waals surface area contributed by atoms with Crippen LogP contribution in [0.5, 0.6) is 5.75 Å². The van der Waals surface area contributed by atoms with E-state index in [4.69, 9.17) is 0 Å². The summed E-state index contributed by atoms with van der Waals surface area (Å²) >= 11 is 0. The van der Waals surface area contributed by atoms with Crippen LogP contribution in [0.2, 0.25) is 0 Å². The number of phenols is 1. The predicted molar refractivity (Wildman–Crippen MR) is 113 cm³/mol. The molecule has 1 saturated heterocycles. The van der Waals surface area contributed by atoms with Crippen molar-refractivity contribution < 1.29 is 9.90 Å². The van der Waals surface area contributed by atoms with Gasteiger partial charge in [-0.2, -0.15) is 0 Å². The van der Waals surface area contributed by atoms with Crippen LogP contribution < -0.4 is 5.32 Å². The Kier molecular flexibility index (Phi) is 6.37. The third-order valence-electron chi connectivity index (χ3n) is 5.64. The second kappa shape index (κ2) is 8.76. The van der Waals surface area contributed by atoms with E-state index in [2.05, 4.69) is 24.1 Å². The summed E-state index contributed by atoms with van der Waals surface area (Å²) < 4.78 is 0. The lowest BCUT2D eigenvalue weighted by Gasteiger charge is -2.43. The van der Waals surface area contributed by atoms with Crippen molar-refractivity contribution in [3.63, 3.8) is 0 Å². The van der Waals surface area contributed by atoms with Crippen molar-refractivity contribution in [1.82, 2.24) is 15.1 Å². The number of amides is 1. The minimum Gasteiger partial charge on any atom is -0.508 e. The zero-order valence-electron chi connectivity index (χ0n) is 17.2. The van der Waals surface area contributed by atoms with Gasteiger partial charge in [0.2, 0.25) is 0 Å². The molecule has 150 valence electrons. The number of benzene rings is 2. The molecular formula is C23H31N3O2. The van der Waals surface area contributed by atoms with E-state index in [0.717, 1.165) is 29.8 Å². The molecule has 2 aromatic carbocycles. The molecular weight excluding hydrogens is 350 g/mol. The highest BCUT2D eigenvalue weighted by Gasteiger charge is 2.33. The molecule has 2 aromatic rings. The molecule has 3 atom stereocenters. The Hall–Kier alpha value is -2.37. The number of nitrogens with zero attached hydrogens (tertiary/aromatic N) is 2. The van der Waals surface area contributed by atoms with Gasteiger partial charge >= 0.3 is 0 Å². The zero-order chi connectivity index (χ0) is 20.3. The van der Waals surface area contributed by atoms with Gasteiger partial charge in [-0.15, -0.1) is 0 Å². The first-order valence-corrected chi connectivity index (χ1v) is 10.0. The number of nitrogens with one attached hydrogen (secondary N) is 1. The van der Waals surface area contributed by atoms with Gasteiger partial charge in [0.05, 0.1) is 6.04 Å². The summed E-state index contributed by atoms with van der Waals surface area (Å²) in [7, 11) is 1.83. The van der Waals surface area contributed by atoms with Gasteiger partial charge in [0.15, 0.2) is 0 Å². The molecule has 0 bridgehead atoms. The fraction of sp³-hybridized carbons (Fsp3) is 0.435. The summed E-state index contributed by atoms with van der Waals surface area (Å²) in [6.45, 7) is 8.78. The molecule has 5 heteroatoms. The lowest BCUT2D eigenvalue weighted by Crippen LogP contribution is -2.55. The molecule has 1 fully saturated rings. The van der Waals surface area contributed by atoms with E-state index in [0.29, 0.717) is 18.6 Å². The van der Waals surface area contributed by atoms with Crippen molar-refractivity contribution in [3.8, 4) is 5.75 Å². The minimum absolute atomic E-state index is 0.0269. The Bertz CT molecular complexity index is 823. The highest BCUT2D eigenvalue weighted by Crippen LogP contribution is 2.35. The molecule has 3 rings (SSSR count). The quantitative estimate of drug-likeness (QED) is 0.835.